The number of furan rings is 1. The number of ether oxygens (including phenoxy) is 2. The second-order valence-electron chi connectivity index (χ2n) is 6.17. The number of methoxy groups -OCH3 is 1. The number of anilines is 2. The maximum Gasteiger partial charge on any atom is 0.291 e. The Kier molecular flexibility index (Phi) is 6.52. The van der Waals surface area contributed by atoms with E-state index in [1.165, 1.54) is 13.4 Å². The minimum Gasteiger partial charge on any atom is -0.495 e. The molecule has 0 aliphatic carbocycles. The SMILES string of the molecule is CCCOc1ccc(C(=O)Nc2cc(NC(=O)c3ccco3)ccc2OC)cc1. The van der Waals surface area contributed by atoms with E-state index in [9.17, 15) is 9.59 Å². The zero-order valence-electron chi connectivity index (χ0n) is 16.2. The molecule has 3 rings (SSSR count). The Balaban J connectivity index is 1.73. The number of carbonyl (C=O) groups excluding carboxylic acids is 2. The molecule has 2 N–H and O–H groups in total. The molecule has 7 nitrogen and oxygen atoms in total. The lowest BCUT2D eigenvalue weighted by Gasteiger charge is -2.13. The van der Waals surface area contributed by atoms with E-state index in [0.29, 0.717) is 35.0 Å². The quantitative estimate of drug-likeness (QED) is 0.584. The van der Waals surface area contributed by atoms with Crippen LogP contribution in [0.3, 0.4) is 0 Å². The van der Waals surface area contributed by atoms with Gasteiger partial charge in [-0.15, -0.1) is 0 Å². The van der Waals surface area contributed by atoms with Crippen LogP contribution in [0.25, 0.3) is 0 Å². The number of rotatable bonds is 8. The molecule has 0 saturated carbocycles. The summed E-state index contributed by atoms with van der Waals surface area (Å²) >= 11 is 0. The molecule has 0 radical (unpaired) electrons. The van der Waals surface area contributed by atoms with Crippen LogP contribution in [-0.4, -0.2) is 25.5 Å². The Morgan fingerprint density at radius 2 is 1.79 bits per heavy atom. The molecule has 1 aromatic heterocycles. The van der Waals surface area contributed by atoms with Crippen molar-refractivity contribution in [3.8, 4) is 11.5 Å². The normalized spacial score (nSPS) is 10.3. The first-order valence-corrected chi connectivity index (χ1v) is 9.18. The maximum absolute atomic E-state index is 12.6. The summed E-state index contributed by atoms with van der Waals surface area (Å²) in [5.74, 6) is 0.678. The zero-order chi connectivity index (χ0) is 20.6. The summed E-state index contributed by atoms with van der Waals surface area (Å²) in [6.45, 7) is 2.65. The van der Waals surface area contributed by atoms with E-state index in [1.54, 1.807) is 54.6 Å². The fourth-order valence-electron chi connectivity index (χ4n) is 2.60. The lowest BCUT2D eigenvalue weighted by molar-refractivity contribution is 0.0995. The number of hydrogen-bond donors (Lipinski definition) is 2. The molecule has 0 fully saturated rings. The van der Waals surface area contributed by atoms with E-state index < -0.39 is 0 Å². The first-order chi connectivity index (χ1) is 14.1. The predicted molar refractivity (Wildman–Crippen MR) is 110 cm³/mol. The van der Waals surface area contributed by atoms with Gasteiger partial charge in [0, 0.05) is 11.3 Å². The van der Waals surface area contributed by atoms with Crippen LogP contribution in [0.2, 0.25) is 0 Å². The Morgan fingerprint density at radius 3 is 2.45 bits per heavy atom. The first kappa shape index (κ1) is 20.0. The van der Waals surface area contributed by atoms with Gasteiger partial charge >= 0.3 is 0 Å². The summed E-state index contributed by atoms with van der Waals surface area (Å²) in [5, 5.41) is 5.53. The van der Waals surface area contributed by atoms with Crippen LogP contribution in [0.5, 0.6) is 11.5 Å². The van der Waals surface area contributed by atoms with Crippen molar-refractivity contribution in [1.29, 1.82) is 0 Å². The topological polar surface area (TPSA) is 89.8 Å². The molecule has 7 heteroatoms. The second kappa shape index (κ2) is 9.45. The van der Waals surface area contributed by atoms with Gasteiger partial charge < -0.3 is 24.5 Å². The van der Waals surface area contributed by atoms with Gasteiger partial charge in [0.2, 0.25) is 0 Å². The van der Waals surface area contributed by atoms with E-state index in [2.05, 4.69) is 10.6 Å². The Labute approximate surface area is 168 Å². The van der Waals surface area contributed by atoms with Gasteiger partial charge in [0.05, 0.1) is 25.7 Å². The van der Waals surface area contributed by atoms with Crippen LogP contribution in [0.4, 0.5) is 11.4 Å². The number of hydrogen-bond acceptors (Lipinski definition) is 5. The fraction of sp³-hybridized carbons (Fsp3) is 0.182. The van der Waals surface area contributed by atoms with Crippen molar-refractivity contribution in [3.63, 3.8) is 0 Å². The standard InChI is InChI=1S/C22H22N2O5/c1-3-12-28-17-9-6-15(7-10-17)21(25)24-18-14-16(8-11-19(18)27-2)23-22(26)20-5-4-13-29-20/h4-11,13-14H,3,12H2,1-2H3,(H,23,26)(H,24,25). The Bertz CT molecular complexity index is 965. The second-order valence-corrected chi connectivity index (χ2v) is 6.17. The van der Waals surface area contributed by atoms with Crippen LogP contribution in [0.15, 0.2) is 65.3 Å². The molecule has 3 aromatic rings. The van der Waals surface area contributed by atoms with Crippen molar-refractivity contribution < 1.29 is 23.5 Å². The molecule has 0 aliphatic heterocycles. The van der Waals surface area contributed by atoms with E-state index in [-0.39, 0.29) is 17.6 Å². The van der Waals surface area contributed by atoms with Crippen molar-refractivity contribution in [3.05, 3.63) is 72.2 Å². The molecular formula is C22H22N2O5. The smallest absolute Gasteiger partial charge is 0.291 e. The van der Waals surface area contributed by atoms with Gasteiger partial charge in [-0.2, -0.15) is 0 Å². The minimum absolute atomic E-state index is 0.191. The molecule has 29 heavy (non-hydrogen) atoms. The third-order valence-electron chi connectivity index (χ3n) is 4.04. The van der Waals surface area contributed by atoms with Gasteiger partial charge in [-0.3, -0.25) is 9.59 Å². The molecule has 0 aliphatic rings. The highest BCUT2D eigenvalue weighted by molar-refractivity contribution is 6.06. The van der Waals surface area contributed by atoms with Gasteiger partial charge in [-0.25, -0.2) is 0 Å². The highest BCUT2D eigenvalue weighted by atomic mass is 16.5. The number of benzene rings is 2. The van der Waals surface area contributed by atoms with Crippen LogP contribution in [0, 0.1) is 0 Å². The summed E-state index contributed by atoms with van der Waals surface area (Å²) in [4.78, 5) is 24.8. The van der Waals surface area contributed by atoms with Gasteiger partial charge in [0.1, 0.15) is 11.5 Å². The van der Waals surface area contributed by atoms with Crippen LogP contribution in [0.1, 0.15) is 34.3 Å². The van der Waals surface area contributed by atoms with Crippen LogP contribution >= 0.6 is 0 Å². The van der Waals surface area contributed by atoms with Crippen molar-refractivity contribution in [2.45, 2.75) is 13.3 Å². The summed E-state index contributed by atoms with van der Waals surface area (Å²) in [6, 6.07) is 15.0. The molecule has 0 atom stereocenters. The average Bonchev–Trinajstić information content (AvgIpc) is 3.28. The zero-order valence-corrected chi connectivity index (χ0v) is 16.2. The van der Waals surface area contributed by atoms with Crippen molar-refractivity contribution >= 4 is 23.2 Å². The lowest BCUT2D eigenvalue weighted by Crippen LogP contribution is -2.14. The van der Waals surface area contributed by atoms with E-state index in [4.69, 9.17) is 13.9 Å². The first-order valence-electron chi connectivity index (χ1n) is 9.18. The molecule has 2 aromatic carbocycles. The highest BCUT2D eigenvalue weighted by Gasteiger charge is 2.13. The monoisotopic (exact) mass is 394 g/mol. The summed E-state index contributed by atoms with van der Waals surface area (Å²) < 4.78 is 15.9. The number of carbonyl (C=O) groups is 2. The average molecular weight is 394 g/mol. The van der Waals surface area contributed by atoms with Gasteiger partial charge in [0.15, 0.2) is 5.76 Å². The van der Waals surface area contributed by atoms with E-state index in [1.807, 2.05) is 6.92 Å². The van der Waals surface area contributed by atoms with Crippen molar-refractivity contribution in [2.75, 3.05) is 24.4 Å². The Hall–Kier alpha value is -3.74. The third-order valence-corrected chi connectivity index (χ3v) is 4.04. The maximum atomic E-state index is 12.6. The lowest BCUT2D eigenvalue weighted by atomic mass is 10.2. The highest BCUT2D eigenvalue weighted by Crippen LogP contribution is 2.29. The van der Waals surface area contributed by atoms with Gasteiger partial charge in [-0.1, -0.05) is 6.92 Å². The molecule has 0 spiro atoms. The summed E-state index contributed by atoms with van der Waals surface area (Å²) in [5.41, 5.74) is 1.40. The van der Waals surface area contributed by atoms with E-state index >= 15 is 0 Å². The third kappa shape index (κ3) is 5.16. The summed E-state index contributed by atoms with van der Waals surface area (Å²) in [7, 11) is 1.51. The summed E-state index contributed by atoms with van der Waals surface area (Å²) in [6.07, 6.45) is 2.34. The number of nitrogens with one attached hydrogen (secondary N) is 2. The van der Waals surface area contributed by atoms with Gasteiger partial charge in [0.25, 0.3) is 11.8 Å². The molecular weight excluding hydrogens is 372 g/mol. The van der Waals surface area contributed by atoms with Crippen molar-refractivity contribution in [1.82, 2.24) is 0 Å². The largest absolute Gasteiger partial charge is 0.495 e. The van der Waals surface area contributed by atoms with Crippen molar-refractivity contribution in [2.24, 2.45) is 0 Å². The molecule has 0 saturated heterocycles. The predicted octanol–water partition coefficient (Wildman–Crippen LogP) is 4.58. The van der Waals surface area contributed by atoms with Crippen LogP contribution in [-0.2, 0) is 0 Å². The molecule has 0 unspecified atom stereocenters. The molecule has 2 amide bonds. The number of amides is 2. The fourth-order valence-corrected chi connectivity index (χ4v) is 2.60. The molecule has 1 heterocycles. The Morgan fingerprint density at radius 1 is 1.00 bits per heavy atom. The van der Waals surface area contributed by atoms with Crippen LogP contribution < -0.4 is 20.1 Å². The minimum atomic E-state index is -0.389. The molecule has 150 valence electrons. The van der Waals surface area contributed by atoms with Gasteiger partial charge in [-0.05, 0) is 61.0 Å². The molecule has 0 bridgehead atoms. The van der Waals surface area contributed by atoms with E-state index in [0.717, 1.165) is 6.42 Å².